The lowest BCUT2D eigenvalue weighted by atomic mass is 10.3. The number of aromatic nitrogens is 1. The lowest BCUT2D eigenvalue weighted by Crippen LogP contribution is -2.05. The van der Waals surface area contributed by atoms with Crippen molar-refractivity contribution in [2.45, 2.75) is 19.9 Å². The highest BCUT2D eigenvalue weighted by Crippen LogP contribution is 2.02. The molecule has 0 bridgehead atoms. The number of hydrogen-bond donors (Lipinski definition) is 0. The van der Waals surface area contributed by atoms with E-state index in [-0.39, 0.29) is 0 Å². The fraction of sp³-hybridized carbons (Fsp3) is 0.556. The summed E-state index contributed by atoms with van der Waals surface area (Å²) in [5.41, 5.74) is 1.38. The van der Waals surface area contributed by atoms with Crippen LogP contribution in [0.5, 0.6) is 0 Å². The second kappa shape index (κ2) is 4.19. The molecule has 1 heterocycles. The van der Waals surface area contributed by atoms with Gasteiger partial charge in [0.1, 0.15) is 0 Å². The highest BCUT2D eigenvalue weighted by Gasteiger charge is 1.95. The van der Waals surface area contributed by atoms with Gasteiger partial charge in [0, 0.05) is 25.5 Å². The molecule has 0 unspecified atom stereocenters. The van der Waals surface area contributed by atoms with Crippen LogP contribution in [0.4, 0.5) is 0 Å². The summed E-state index contributed by atoms with van der Waals surface area (Å²) in [5, 5.41) is 0. The Kier molecular flexibility index (Phi) is 3.17. The maximum Gasteiger partial charge on any atom is 0.0641 e. The largest absolute Gasteiger partial charge is 0.383 e. The fourth-order valence-electron chi connectivity index (χ4n) is 1.18. The summed E-state index contributed by atoms with van der Waals surface area (Å²) < 4.78 is 7.22. The van der Waals surface area contributed by atoms with E-state index in [9.17, 15) is 0 Å². The highest BCUT2D eigenvalue weighted by atomic mass is 16.5. The maximum absolute atomic E-state index is 4.99. The smallest absolute Gasteiger partial charge is 0.0641 e. The van der Waals surface area contributed by atoms with Crippen molar-refractivity contribution in [2.24, 2.45) is 0 Å². The minimum atomic E-state index is 0.793. The summed E-state index contributed by atoms with van der Waals surface area (Å²) in [5.74, 6) is 0. The summed E-state index contributed by atoms with van der Waals surface area (Å²) in [4.78, 5) is 0. The van der Waals surface area contributed by atoms with E-state index in [1.54, 1.807) is 7.11 Å². The molecule has 0 aliphatic heterocycles. The van der Waals surface area contributed by atoms with E-state index in [0.29, 0.717) is 0 Å². The SMILES string of the molecule is CCc1cccn1CCOC. The minimum Gasteiger partial charge on any atom is -0.383 e. The first-order chi connectivity index (χ1) is 5.38. The van der Waals surface area contributed by atoms with Crippen LogP contribution < -0.4 is 0 Å². The van der Waals surface area contributed by atoms with Gasteiger partial charge < -0.3 is 9.30 Å². The van der Waals surface area contributed by atoms with E-state index >= 15 is 0 Å². The molecule has 0 aliphatic rings. The normalized spacial score (nSPS) is 10.4. The predicted octanol–water partition coefficient (Wildman–Crippen LogP) is 1.70. The first kappa shape index (κ1) is 8.34. The Morgan fingerprint density at radius 3 is 3.00 bits per heavy atom. The number of aryl methyl sites for hydroxylation is 1. The van der Waals surface area contributed by atoms with Gasteiger partial charge in [-0.25, -0.2) is 0 Å². The Hall–Kier alpha value is -0.760. The van der Waals surface area contributed by atoms with Crippen LogP contribution in [0.15, 0.2) is 18.3 Å². The molecular formula is C9H15NO. The molecule has 0 N–H and O–H groups in total. The van der Waals surface area contributed by atoms with Crippen molar-refractivity contribution >= 4 is 0 Å². The Morgan fingerprint density at radius 1 is 1.55 bits per heavy atom. The van der Waals surface area contributed by atoms with E-state index in [2.05, 4.69) is 29.8 Å². The van der Waals surface area contributed by atoms with Gasteiger partial charge in [0.05, 0.1) is 6.61 Å². The quantitative estimate of drug-likeness (QED) is 0.642. The van der Waals surface area contributed by atoms with Crippen molar-refractivity contribution in [3.8, 4) is 0 Å². The van der Waals surface area contributed by atoms with Crippen LogP contribution in [0.3, 0.4) is 0 Å². The van der Waals surface area contributed by atoms with Crippen molar-refractivity contribution in [3.63, 3.8) is 0 Å². The van der Waals surface area contributed by atoms with Crippen LogP contribution in [0.2, 0.25) is 0 Å². The Morgan fingerprint density at radius 2 is 2.36 bits per heavy atom. The van der Waals surface area contributed by atoms with E-state index in [4.69, 9.17) is 4.74 Å². The van der Waals surface area contributed by atoms with Crippen LogP contribution >= 0.6 is 0 Å². The highest BCUT2D eigenvalue weighted by molar-refractivity contribution is 5.06. The average Bonchev–Trinajstić information content (AvgIpc) is 2.47. The Balaban J connectivity index is 2.54. The monoisotopic (exact) mass is 153 g/mol. The van der Waals surface area contributed by atoms with Gasteiger partial charge in [0.2, 0.25) is 0 Å². The average molecular weight is 153 g/mol. The molecule has 2 heteroatoms. The van der Waals surface area contributed by atoms with Gasteiger partial charge in [-0.2, -0.15) is 0 Å². The van der Waals surface area contributed by atoms with Gasteiger partial charge in [-0.05, 0) is 18.6 Å². The molecule has 1 aromatic heterocycles. The number of nitrogens with zero attached hydrogens (tertiary/aromatic N) is 1. The molecule has 2 nitrogen and oxygen atoms in total. The third kappa shape index (κ3) is 2.09. The number of rotatable bonds is 4. The molecule has 0 saturated carbocycles. The van der Waals surface area contributed by atoms with Crippen LogP contribution in [-0.4, -0.2) is 18.3 Å². The van der Waals surface area contributed by atoms with E-state index in [1.165, 1.54) is 5.69 Å². The molecule has 0 radical (unpaired) electrons. The van der Waals surface area contributed by atoms with Gasteiger partial charge >= 0.3 is 0 Å². The number of hydrogen-bond acceptors (Lipinski definition) is 1. The molecule has 0 atom stereocenters. The van der Waals surface area contributed by atoms with Crippen molar-refractivity contribution in [1.29, 1.82) is 0 Å². The van der Waals surface area contributed by atoms with E-state index in [1.807, 2.05) is 0 Å². The molecular weight excluding hydrogens is 138 g/mol. The maximum atomic E-state index is 4.99. The summed E-state index contributed by atoms with van der Waals surface area (Å²) in [7, 11) is 1.73. The third-order valence-corrected chi connectivity index (χ3v) is 1.82. The van der Waals surface area contributed by atoms with Crippen LogP contribution in [0.25, 0.3) is 0 Å². The summed E-state index contributed by atoms with van der Waals surface area (Å²) in [6, 6.07) is 4.23. The van der Waals surface area contributed by atoms with Gasteiger partial charge in [0.25, 0.3) is 0 Å². The first-order valence-corrected chi connectivity index (χ1v) is 4.01. The topological polar surface area (TPSA) is 14.2 Å². The number of methoxy groups -OCH3 is 1. The zero-order chi connectivity index (χ0) is 8.10. The van der Waals surface area contributed by atoms with Gasteiger partial charge in [-0.15, -0.1) is 0 Å². The van der Waals surface area contributed by atoms with Crippen LogP contribution in [0, 0.1) is 0 Å². The van der Waals surface area contributed by atoms with Gasteiger partial charge in [0.15, 0.2) is 0 Å². The second-order valence-electron chi connectivity index (χ2n) is 2.54. The molecule has 0 aliphatic carbocycles. The fourth-order valence-corrected chi connectivity index (χ4v) is 1.18. The number of ether oxygens (including phenoxy) is 1. The summed E-state index contributed by atoms with van der Waals surface area (Å²) in [6.45, 7) is 3.92. The zero-order valence-corrected chi connectivity index (χ0v) is 7.21. The molecule has 0 spiro atoms. The first-order valence-electron chi connectivity index (χ1n) is 4.01. The van der Waals surface area contributed by atoms with Crippen molar-refractivity contribution in [2.75, 3.05) is 13.7 Å². The van der Waals surface area contributed by atoms with E-state index in [0.717, 1.165) is 19.6 Å². The lowest BCUT2D eigenvalue weighted by molar-refractivity contribution is 0.186. The van der Waals surface area contributed by atoms with Crippen molar-refractivity contribution < 1.29 is 4.74 Å². The second-order valence-corrected chi connectivity index (χ2v) is 2.54. The molecule has 0 fully saturated rings. The summed E-state index contributed by atoms with van der Waals surface area (Å²) >= 11 is 0. The lowest BCUT2D eigenvalue weighted by Gasteiger charge is -2.05. The molecule has 0 saturated heterocycles. The molecule has 62 valence electrons. The van der Waals surface area contributed by atoms with Crippen molar-refractivity contribution in [1.82, 2.24) is 4.57 Å². The zero-order valence-electron chi connectivity index (χ0n) is 7.21. The van der Waals surface area contributed by atoms with E-state index < -0.39 is 0 Å². The summed E-state index contributed by atoms with van der Waals surface area (Å²) in [6.07, 6.45) is 3.19. The van der Waals surface area contributed by atoms with Crippen LogP contribution in [0.1, 0.15) is 12.6 Å². The predicted molar refractivity (Wildman–Crippen MR) is 45.7 cm³/mol. The Labute approximate surface area is 67.8 Å². The molecule has 0 aromatic carbocycles. The van der Waals surface area contributed by atoms with Gasteiger partial charge in [-0.3, -0.25) is 0 Å². The molecule has 0 amide bonds. The van der Waals surface area contributed by atoms with Crippen LogP contribution in [-0.2, 0) is 17.7 Å². The molecule has 11 heavy (non-hydrogen) atoms. The Bertz CT molecular complexity index is 205. The standard InChI is InChI=1S/C9H15NO/c1-3-9-5-4-6-10(9)7-8-11-2/h4-6H,3,7-8H2,1-2H3. The molecule has 1 aromatic rings. The molecule has 1 rings (SSSR count). The minimum absolute atomic E-state index is 0.793. The third-order valence-electron chi connectivity index (χ3n) is 1.82. The van der Waals surface area contributed by atoms with Crippen molar-refractivity contribution in [3.05, 3.63) is 24.0 Å². The van der Waals surface area contributed by atoms with Gasteiger partial charge in [-0.1, -0.05) is 6.92 Å².